The van der Waals surface area contributed by atoms with E-state index in [1.54, 1.807) is 26.8 Å². The van der Waals surface area contributed by atoms with Crippen LogP contribution in [0.5, 0.6) is 0 Å². The minimum atomic E-state index is -1.02. The highest BCUT2D eigenvalue weighted by atomic mass is 35.5. The highest BCUT2D eigenvalue weighted by molar-refractivity contribution is 6.35. The summed E-state index contributed by atoms with van der Waals surface area (Å²) in [5, 5.41) is 14.0. The first-order valence-electron chi connectivity index (χ1n) is 9.24. The molecule has 0 aliphatic rings. The Bertz CT molecular complexity index is 827. The summed E-state index contributed by atoms with van der Waals surface area (Å²) in [5.74, 6) is 0. The van der Waals surface area contributed by atoms with Crippen molar-refractivity contribution in [3.63, 3.8) is 0 Å². The summed E-state index contributed by atoms with van der Waals surface area (Å²) in [6.45, 7) is 5.26. The van der Waals surface area contributed by atoms with E-state index in [2.05, 4.69) is 5.32 Å². The van der Waals surface area contributed by atoms with Gasteiger partial charge in [0.15, 0.2) is 0 Å². The number of rotatable bonds is 7. The van der Waals surface area contributed by atoms with Gasteiger partial charge in [-0.2, -0.15) is 0 Å². The van der Waals surface area contributed by atoms with Gasteiger partial charge in [0.25, 0.3) is 0 Å². The summed E-state index contributed by atoms with van der Waals surface area (Å²) in [6, 6.07) is 12.3. The smallest absolute Gasteiger partial charge is 0.407 e. The summed E-state index contributed by atoms with van der Waals surface area (Å²) in [6.07, 6.45) is -0.783. The lowest BCUT2D eigenvalue weighted by molar-refractivity contribution is -0.109. The highest BCUT2D eigenvalue weighted by Crippen LogP contribution is 2.27. The zero-order valence-corrected chi connectivity index (χ0v) is 18.1. The van der Waals surface area contributed by atoms with Crippen LogP contribution >= 0.6 is 23.2 Å². The Hall–Kier alpha value is -2.08. The number of aliphatic hydroxyl groups is 1. The summed E-state index contributed by atoms with van der Waals surface area (Å²) in [5.41, 5.74) is 2.04. The molecule has 2 aromatic rings. The van der Waals surface area contributed by atoms with Crippen molar-refractivity contribution in [1.29, 1.82) is 0 Å². The summed E-state index contributed by atoms with van der Waals surface area (Å²) in [7, 11) is 0. The first-order chi connectivity index (χ1) is 13.6. The molecule has 0 heterocycles. The topological polar surface area (TPSA) is 75.6 Å². The fourth-order valence-corrected chi connectivity index (χ4v) is 3.34. The zero-order valence-electron chi connectivity index (χ0n) is 16.6. The number of carbonyl (C=O) groups excluding carboxylic acids is 2. The Morgan fingerprint density at radius 3 is 2.21 bits per heavy atom. The molecule has 2 rings (SSSR count). The van der Waals surface area contributed by atoms with Gasteiger partial charge in [-0.25, -0.2) is 4.79 Å². The largest absolute Gasteiger partial charge is 0.444 e. The molecule has 1 amide bonds. The molecule has 0 unspecified atom stereocenters. The molecule has 0 bridgehead atoms. The van der Waals surface area contributed by atoms with Gasteiger partial charge in [-0.15, -0.1) is 0 Å². The van der Waals surface area contributed by atoms with Crippen LogP contribution in [0.25, 0.3) is 11.1 Å². The van der Waals surface area contributed by atoms with Crippen LogP contribution in [-0.2, 0) is 16.0 Å². The Morgan fingerprint density at radius 2 is 1.69 bits per heavy atom. The van der Waals surface area contributed by atoms with Gasteiger partial charge in [0.1, 0.15) is 11.9 Å². The lowest BCUT2D eigenvalue weighted by Gasteiger charge is -2.26. The van der Waals surface area contributed by atoms with Crippen LogP contribution in [0.3, 0.4) is 0 Å². The number of aldehydes is 1. The maximum absolute atomic E-state index is 12.1. The van der Waals surface area contributed by atoms with Crippen LogP contribution < -0.4 is 5.32 Å². The third kappa shape index (κ3) is 7.69. The number of ether oxygens (including phenoxy) is 1. The first kappa shape index (κ1) is 23.2. The second-order valence-electron chi connectivity index (χ2n) is 7.78. The van der Waals surface area contributed by atoms with E-state index in [0.29, 0.717) is 22.8 Å². The maximum Gasteiger partial charge on any atom is 0.407 e. The number of hydrogen-bond donors (Lipinski definition) is 2. The number of nitrogens with one attached hydrogen (secondary N) is 1. The monoisotopic (exact) mass is 437 g/mol. The predicted octanol–water partition coefficient (Wildman–Crippen LogP) is 5.05. The third-order valence-electron chi connectivity index (χ3n) is 4.11. The van der Waals surface area contributed by atoms with Crippen molar-refractivity contribution in [2.45, 2.75) is 51.4 Å². The molecule has 0 radical (unpaired) electrons. The number of alkyl carbamates (subject to hydrolysis) is 1. The van der Waals surface area contributed by atoms with Crippen molar-refractivity contribution in [2.24, 2.45) is 0 Å². The fourth-order valence-electron chi connectivity index (χ4n) is 2.81. The predicted molar refractivity (Wildman–Crippen MR) is 115 cm³/mol. The highest BCUT2D eigenvalue weighted by Gasteiger charge is 2.24. The van der Waals surface area contributed by atoms with Crippen molar-refractivity contribution in [1.82, 2.24) is 5.32 Å². The molecule has 0 fully saturated rings. The van der Waals surface area contributed by atoms with Gasteiger partial charge in [0.2, 0.25) is 0 Å². The Labute approximate surface area is 181 Å². The number of halogens is 2. The third-order valence-corrected chi connectivity index (χ3v) is 4.55. The molecule has 5 nitrogen and oxygen atoms in total. The Morgan fingerprint density at radius 1 is 1.10 bits per heavy atom. The molecule has 2 atom stereocenters. The van der Waals surface area contributed by atoms with Crippen LogP contribution in [0.4, 0.5) is 4.79 Å². The molecule has 7 heteroatoms. The van der Waals surface area contributed by atoms with Gasteiger partial charge in [-0.3, -0.25) is 0 Å². The molecule has 156 valence electrons. The van der Waals surface area contributed by atoms with Gasteiger partial charge in [-0.1, -0.05) is 47.5 Å². The second kappa shape index (κ2) is 10.1. The van der Waals surface area contributed by atoms with Crippen LogP contribution in [0.2, 0.25) is 10.0 Å². The quantitative estimate of drug-likeness (QED) is 0.594. The van der Waals surface area contributed by atoms with Crippen molar-refractivity contribution >= 4 is 35.6 Å². The van der Waals surface area contributed by atoms with Crippen molar-refractivity contribution in [3.05, 3.63) is 58.1 Å². The minimum Gasteiger partial charge on any atom is -0.444 e. The molecule has 0 saturated carbocycles. The maximum atomic E-state index is 12.1. The first-order valence-corrected chi connectivity index (χ1v) is 9.99. The molecule has 29 heavy (non-hydrogen) atoms. The van der Waals surface area contributed by atoms with E-state index in [-0.39, 0.29) is 6.42 Å². The van der Waals surface area contributed by atoms with E-state index in [0.717, 1.165) is 16.7 Å². The summed E-state index contributed by atoms with van der Waals surface area (Å²) >= 11 is 12.1. The molecule has 0 aliphatic carbocycles. The minimum absolute atomic E-state index is 0.0838. The lowest BCUT2D eigenvalue weighted by atomic mass is 9.97. The SMILES string of the molecule is CC(C)(C)OC(=O)N[C@H](Cc1ccc(-c2cc(Cl)cc(Cl)c2)cc1)[C@@H](O)CC=O. The van der Waals surface area contributed by atoms with Gasteiger partial charge < -0.3 is 20.0 Å². The molecule has 2 aromatic carbocycles. The van der Waals surface area contributed by atoms with Crippen LogP contribution in [0.15, 0.2) is 42.5 Å². The van der Waals surface area contributed by atoms with E-state index in [9.17, 15) is 14.7 Å². The number of aliphatic hydroxyl groups excluding tert-OH is 1. The number of carbonyl (C=O) groups is 2. The molecule has 0 saturated heterocycles. The van der Waals surface area contributed by atoms with Gasteiger partial charge >= 0.3 is 6.09 Å². The molecular formula is C22H25Cl2NO4. The van der Waals surface area contributed by atoms with Gasteiger partial charge in [0.05, 0.1) is 12.1 Å². The van der Waals surface area contributed by atoms with E-state index >= 15 is 0 Å². The number of amides is 1. The van der Waals surface area contributed by atoms with E-state index in [1.165, 1.54) is 0 Å². The fraction of sp³-hybridized carbons (Fsp3) is 0.364. The molecule has 0 aliphatic heterocycles. The van der Waals surface area contributed by atoms with E-state index < -0.39 is 23.8 Å². The summed E-state index contributed by atoms with van der Waals surface area (Å²) in [4.78, 5) is 22.9. The molecule has 0 aromatic heterocycles. The van der Waals surface area contributed by atoms with Crippen molar-refractivity contribution in [2.75, 3.05) is 0 Å². The number of hydrogen-bond acceptors (Lipinski definition) is 4. The van der Waals surface area contributed by atoms with Gasteiger partial charge in [0, 0.05) is 16.5 Å². The summed E-state index contributed by atoms with van der Waals surface area (Å²) < 4.78 is 5.26. The normalized spacial score (nSPS) is 13.4. The molecule has 2 N–H and O–H groups in total. The Kier molecular flexibility index (Phi) is 8.08. The van der Waals surface area contributed by atoms with Gasteiger partial charge in [-0.05, 0) is 62.1 Å². The second-order valence-corrected chi connectivity index (χ2v) is 8.65. The Balaban J connectivity index is 2.15. The average molecular weight is 438 g/mol. The molecular weight excluding hydrogens is 413 g/mol. The zero-order chi connectivity index (χ0) is 21.6. The van der Waals surface area contributed by atoms with Crippen LogP contribution in [-0.4, -0.2) is 35.2 Å². The molecule has 0 spiro atoms. The van der Waals surface area contributed by atoms with Crippen LogP contribution in [0, 0.1) is 0 Å². The van der Waals surface area contributed by atoms with Crippen molar-refractivity contribution < 1.29 is 19.4 Å². The van der Waals surface area contributed by atoms with E-state index in [4.69, 9.17) is 27.9 Å². The number of benzene rings is 2. The van der Waals surface area contributed by atoms with Crippen molar-refractivity contribution in [3.8, 4) is 11.1 Å². The van der Waals surface area contributed by atoms with Crippen LogP contribution in [0.1, 0.15) is 32.8 Å². The standard InChI is InChI=1S/C22H25Cl2NO4/c1-22(2,3)29-21(28)25-19(20(27)8-9-26)10-14-4-6-15(7-5-14)16-11-17(23)13-18(24)12-16/h4-7,9,11-13,19-20,27H,8,10H2,1-3H3,(H,25,28)/t19-,20+/m1/s1. The lowest BCUT2D eigenvalue weighted by Crippen LogP contribution is -2.46. The van der Waals surface area contributed by atoms with E-state index in [1.807, 2.05) is 36.4 Å². The average Bonchev–Trinajstić information content (AvgIpc) is 2.59.